The lowest BCUT2D eigenvalue weighted by Gasteiger charge is -2.15. The predicted octanol–water partition coefficient (Wildman–Crippen LogP) is 4.56. The van der Waals surface area contributed by atoms with Gasteiger partial charge >= 0.3 is 0 Å². The molecule has 0 aromatic heterocycles. The molecule has 0 radical (unpaired) electrons. The van der Waals surface area contributed by atoms with Crippen molar-refractivity contribution in [1.29, 1.82) is 0 Å². The summed E-state index contributed by atoms with van der Waals surface area (Å²) in [6, 6.07) is 18.8. The average Bonchev–Trinajstić information content (AvgIpc) is 2.82. The molecule has 0 spiro atoms. The number of benzene rings is 3. The summed E-state index contributed by atoms with van der Waals surface area (Å²) in [7, 11) is 4.75. The molecule has 0 aliphatic carbocycles. The van der Waals surface area contributed by atoms with Crippen molar-refractivity contribution in [3.63, 3.8) is 0 Å². The summed E-state index contributed by atoms with van der Waals surface area (Å²) in [5, 5.41) is 6.12. The molecule has 0 saturated heterocycles. The van der Waals surface area contributed by atoms with Crippen molar-refractivity contribution in [3.05, 3.63) is 77.9 Å². The minimum absolute atomic E-state index is 0.240. The lowest BCUT2D eigenvalue weighted by Crippen LogP contribution is -2.09. The molecular weight excluding hydrogens is 406 g/mol. The summed E-state index contributed by atoms with van der Waals surface area (Å²) in [5.41, 5.74) is 9.81. The Morgan fingerprint density at radius 1 is 0.938 bits per heavy atom. The summed E-state index contributed by atoms with van der Waals surface area (Å²) < 4.78 is 16.1. The Kier molecular flexibility index (Phi) is 7.59. The van der Waals surface area contributed by atoms with E-state index < -0.39 is 0 Å². The van der Waals surface area contributed by atoms with Gasteiger partial charge in [-0.25, -0.2) is 0 Å². The van der Waals surface area contributed by atoms with Crippen molar-refractivity contribution in [1.82, 2.24) is 0 Å². The fourth-order valence-electron chi connectivity index (χ4n) is 3.09. The molecule has 7 heteroatoms. The van der Waals surface area contributed by atoms with Crippen LogP contribution in [0.4, 0.5) is 17.1 Å². The number of hydrogen-bond acceptors (Lipinski definition) is 6. The number of methoxy groups -OCH3 is 3. The van der Waals surface area contributed by atoms with Crippen molar-refractivity contribution >= 4 is 29.0 Å². The standard InChI is InChI=1S/C25H27N3O4/c1-30-22-14-19(15-23(31-2)25(22)32-3)27-16-18-10-8-17(9-11-18)12-13-24(29)28-21-7-5-4-6-20(21)26/h4-15,27H,16,26H2,1-3H3,(H,28,29). The molecule has 0 bridgehead atoms. The van der Waals surface area contributed by atoms with E-state index in [0.29, 0.717) is 35.2 Å². The summed E-state index contributed by atoms with van der Waals surface area (Å²) >= 11 is 0. The number of amides is 1. The molecule has 0 fully saturated rings. The molecular formula is C25H27N3O4. The number of ether oxygens (including phenoxy) is 3. The van der Waals surface area contributed by atoms with Gasteiger partial charge in [-0.2, -0.15) is 0 Å². The minimum atomic E-state index is -0.240. The van der Waals surface area contributed by atoms with Crippen LogP contribution in [0.25, 0.3) is 6.08 Å². The second kappa shape index (κ2) is 10.8. The van der Waals surface area contributed by atoms with Crippen molar-refractivity contribution < 1.29 is 19.0 Å². The molecule has 3 aromatic rings. The smallest absolute Gasteiger partial charge is 0.248 e. The van der Waals surface area contributed by atoms with E-state index in [0.717, 1.165) is 16.8 Å². The highest BCUT2D eigenvalue weighted by molar-refractivity contribution is 6.03. The number of carbonyl (C=O) groups excluding carboxylic acids is 1. The second-order valence-electron chi connectivity index (χ2n) is 6.92. The van der Waals surface area contributed by atoms with Gasteiger partial charge in [0, 0.05) is 30.4 Å². The maximum absolute atomic E-state index is 12.1. The van der Waals surface area contributed by atoms with Crippen molar-refractivity contribution in [2.24, 2.45) is 0 Å². The van der Waals surface area contributed by atoms with E-state index >= 15 is 0 Å². The average molecular weight is 434 g/mol. The molecule has 0 heterocycles. The third-order valence-electron chi connectivity index (χ3n) is 4.79. The van der Waals surface area contributed by atoms with Crippen LogP contribution in [0, 0.1) is 0 Å². The summed E-state index contributed by atoms with van der Waals surface area (Å²) in [6.45, 7) is 0.608. The Morgan fingerprint density at radius 2 is 1.59 bits per heavy atom. The number of nitrogens with two attached hydrogens (primary N) is 1. The van der Waals surface area contributed by atoms with Crippen LogP contribution in [-0.2, 0) is 11.3 Å². The number of hydrogen-bond donors (Lipinski definition) is 3. The third-order valence-corrected chi connectivity index (χ3v) is 4.79. The van der Waals surface area contributed by atoms with Gasteiger partial charge in [-0.3, -0.25) is 4.79 Å². The molecule has 7 nitrogen and oxygen atoms in total. The maximum Gasteiger partial charge on any atom is 0.248 e. The summed E-state index contributed by atoms with van der Waals surface area (Å²) in [4.78, 5) is 12.1. The first kappa shape index (κ1) is 22.6. The Hall–Kier alpha value is -4.13. The highest BCUT2D eigenvalue weighted by atomic mass is 16.5. The quantitative estimate of drug-likeness (QED) is 0.338. The van der Waals surface area contributed by atoms with Crippen molar-refractivity contribution in [3.8, 4) is 17.2 Å². The Balaban J connectivity index is 1.60. The van der Waals surface area contributed by atoms with Gasteiger partial charge in [0.2, 0.25) is 11.7 Å². The number of para-hydroxylation sites is 2. The lowest BCUT2D eigenvalue weighted by atomic mass is 10.1. The molecule has 3 aromatic carbocycles. The summed E-state index contributed by atoms with van der Waals surface area (Å²) in [6.07, 6.45) is 3.24. The van der Waals surface area contributed by atoms with Gasteiger partial charge in [0.05, 0.1) is 32.7 Å². The maximum atomic E-state index is 12.1. The van der Waals surface area contributed by atoms with Gasteiger partial charge in [0.25, 0.3) is 0 Å². The first-order valence-corrected chi connectivity index (χ1v) is 10.0. The topological polar surface area (TPSA) is 94.8 Å². The van der Waals surface area contributed by atoms with E-state index in [4.69, 9.17) is 19.9 Å². The van der Waals surface area contributed by atoms with E-state index in [2.05, 4.69) is 10.6 Å². The molecule has 166 valence electrons. The fourth-order valence-corrected chi connectivity index (χ4v) is 3.09. The molecule has 3 rings (SSSR count). The normalized spacial score (nSPS) is 10.6. The number of nitrogens with one attached hydrogen (secondary N) is 2. The van der Waals surface area contributed by atoms with Crippen LogP contribution >= 0.6 is 0 Å². The SMILES string of the molecule is COc1cc(NCc2ccc(C=CC(=O)Nc3ccccc3N)cc2)cc(OC)c1OC. The summed E-state index contributed by atoms with van der Waals surface area (Å²) in [5.74, 6) is 1.49. The van der Waals surface area contributed by atoms with Gasteiger partial charge in [0.15, 0.2) is 11.5 Å². The van der Waals surface area contributed by atoms with Crippen LogP contribution in [0.15, 0.2) is 66.7 Å². The van der Waals surface area contributed by atoms with Crippen LogP contribution in [0.3, 0.4) is 0 Å². The molecule has 0 atom stereocenters. The van der Waals surface area contributed by atoms with Gasteiger partial charge in [0.1, 0.15) is 0 Å². The largest absolute Gasteiger partial charge is 0.493 e. The molecule has 4 N–H and O–H groups in total. The van der Waals surface area contributed by atoms with E-state index in [1.165, 1.54) is 6.08 Å². The highest BCUT2D eigenvalue weighted by Gasteiger charge is 2.13. The third kappa shape index (κ3) is 5.72. The molecule has 0 aliphatic heterocycles. The Morgan fingerprint density at radius 3 is 2.19 bits per heavy atom. The number of carbonyl (C=O) groups is 1. The van der Waals surface area contributed by atoms with E-state index in [1.807, 2.05) is 48.5 Å². The number of anilines is 3. The number of rotatable bonds is 9. The van der Waals surface area contributed by atoms with Gasteiger partial charge in [-0.1, -0.05) is 36.4 Å². The van der Waals surface area contributed by atoms with Gasteiger partial charge in [-0.05, 0) is 29.3 Å². The highest BCUT2D eigenvalue weighted by Crippen LogP contribution is 2.40. The molecule has 32 heavy (non-hydrogen) atoms. The van der Waals surface area contributed by atoms with Crippen LogP contribution in [0.1, 0.15) is 11.1 Å². The zero-order valence-corrected chi connectivity index (χ0v) is 18.3. The molecule has 0 unspecified atom stereocenters. The Labute approximate surface area is 187 Å². The van der Waals surface area contributed by atoms with E-state index in [9.17, 15) is 4.79 Å². The number of nitrogen functional groups attached to an aromatic ring is 1. The van der Waals surface area contributed by atoms with Crippen molar-refractivity contribution in [2.45, 2.75) is 6.54 Å². The lowest BCUT2D eigenvalue weighted by molar-refractivity contribution is -0.111. The fraction of sp³-hybridized carbons (Fsp3) is 0.160. The van der Waals surface area contributed by atoms with Crippen LogP contribution in [0.5, 0.6) is 17.2 Å². The second-order valence-corrected chi connectivity index (χ2v) is 6.92. The molecule has 0 aliphatic rings. The molecule has 1 amide bonds. The Bertz CT molecular complexity index is 1070. The van der Waals surface area contributed by atoms with Crippen LogP contribution in [0.2, 0.25) is 0 Å². The van der Waals surface area contributed by atoms with Gasteiger partial charge in [-0.15, -0.1) is 0 Å². The first-order chi connectivity index (χ1) is 15.5. The van der Waals surface area contributed by atoms with Crippen molar-refractivity contribution in [2.75, 3.05) is 37.7 Å². The zero-order valence-electron chi connectivity index (χ0n) is 18.3. The predicted molar refractivity (Wildman–Crippen MR) is 128 cm³/mol. The first-order valence-electron chi connectivity index (χ1n) is 10.0. The van der Waals surface area contributed by atoms with E-state index in [-0.39, 0.29) is 5.91 Å². The van der Waals surface area contributed by atoms with Crippen LogP contribution in [-0.4, -0.2) is 27.2 Å². The minimum Gasteiger partial charge on any atom is -0.493 e. The van der Waals surface area contributed by atoms with Crippen LogP contribution < -0.4 is 30.6 Å². The van der Waals surface area contributed by atoms with E-state index in [1.54, 1.807) is 39.5 Å². The molecule has 0 saturated carbocycles. The van der Waals surface area contributed by atoms with Gasteiger partial charge < -0.3 is 30.6 Å². The zero-order chi connectivity index (χ0) is 22.9. The monoisotopic (exact) mass is 433 g/mol.